The van der Waals surface area contributed by atoms with Crippen molar-refractivity contribution in [2.45, 2.75) is 31.7 Å². The number of hydrogen-bond acceptors (Lipinski definition) is 3. The van der Waals surface area contributed by atoms with E-state index >= 15 is 0 Å². The quantitative estimate of drug-likeness (QED) is 0.802. The average Bonchev–Trinajstić information content (AvgIpc) is 3.13. The third-order valence-electron chi connectivity index (χ3n) is 4.85. The van der Waals surface area contributed by atoms with Gasteiger partial charge in [0.15, 0.2) is 5.11 Å². The monoisotopic (exact) mass is 387 g/mol. The second kappa shape index (κ2) is 8.54. The molecule has 0 aromatic heterocycles. The van der Waals surface area contributed by atoms with Gasteiger partial charge in [0.05, 0.1) is 11.7 Å². The van der Waals surface area contributed by atoms with E-state index in [9.17, 15) is 13.2 Å². The summed E-state index contributed by atoms with van der Waals surface area (Å²) >= 11 is 5.46. The van der Waals surface area contributed by atoms with E-state index in [4.69, 9.17) is 17.0 Å². The number of thiocarbonyl (C=S) groups is 1. The summed E-state index contributed by atoms with van der Waals surface area (Å²) in [6.07, 6.45) is -1.83. The molecule has 0 spiro atoms. The van der Waals surface area contributed by atoms with Gasteiger partial charge in [0.1, 0.15) is 0 Å². The molecule has 2 fully saturated rings. The van der Waals surface area contributed by atoms with Gasteiger partial charge >= 0.3 is 6.18 Å². The molecule has 3 rings (SSSR count). The van der Waals surface area contributed by atoms with E-state index in [2.05, 4.69) is 15.1 Å². The predicted octanol–water partition coefficient (Wildman–Crippen LogP) is 2.88. The Morgan fingerprint density at radius 1 is 1.15 bits per heavy atom. The Morgan fingerprint density at radius 2 is 1.85 bits per heavy atom. The minimum absolute atomic E-state index is 0.258. The molecule has 2 aliphatic rings. The van der Waals surface area contributed by atoms with Gasteiger partial charge < -0.3 is 15.0 Å². The van der Waals surface area contributed by atoms with E-state index in [0.29, 0.717) is 6.54 Å². The number of piperazine rings is 1. The Morgan fingerprint density at radius 3 is 2.42 bits per heavy atom. The first-order valence-electron chi connectivity index (χ1n) is 8.95. The summed E-state index contributed by atoms with van der Waals surface area (Å²) in [5.74, 6) is 0. The molecule has 1 N–H and O–H groups in total. The molecule has 2 aliphatic heterocycles. The highest BCUT2D eigenvalue weighted by molar-refractivity contribution is 7.80. The second-order valence-corrected chi connectivity index (χ2v) is 7.17. The highest BCUT2D eigenvalue weighted by Crippen LogP contribution is 2.29. The number of nitrogens with one attached hydrogen (secondary N) is 1. The zero-order valence-electron chi connectivity index (χ0n) is 14.6. The van der Waals surface area contributed by atoms with Gasteiger partial charge in [0, 0.05) is 45.9 Å². The van der Waals surface area contributed by atoms with Crippen LogP contribution in [0.4, 0.5) is 13.2 Å². The fraction of sp³-hybridized carbons (Fsp3) is 0.611. The van der Waals surface area contributed by atoms with Crippen molar-refractivity contribution in [3.05, 3.63) is 35.4 Å². The summed E-state index contributed by atoms with van der Waals surface area (Å²) in [4.78, 5) is 4.38. The molecular formula is C18H24F3N3OS. The molecule has 1 atom stereocenters. The van der Waals surface area contributed by atoms with Crippen LogP contribution in [0, 0.1) is 0 Å². The number of benzene rings is 1. The van der Waals surface area contributed by atoms with Crippen molar-refractivity contribution < 1.29 is 17.9 Å². The topological polar surface area (TPSA) is 27.7 Å². The Bertz CT molecular complexity index is 595. The Labute approximate surface area is 157 Å². The van der Waals surface area contributed by atoms with E-state index in [0.717, 1.165) is 75.0 Å². The molecule has 0 amide bonds. The van der Waals surface area contributed by atoms with Crippen LogP contribution in [0.5, 0.6) is 0 Å². The van der Waals surface area contributed by atoms with Crippen molar-refractivity contribution in [3.8, 4) is 0 Å². The van der Waals surface area contributed by atoms with E-state index in [-0.39, 0.29) is 6.10 Å². The SMILES string of the molecule is FC(F)(F)c1ccc(CN2CCN(C(=S)NC[C@@H]3CCCO3)CC2)cc1. The number of nitrogens with zero attached hydrogens (tertiary/aromatic N) is 2. The first kappa shape index (κ1) is 19.4. The molecule has 26 heavy (non-hydrogen) atoms. The zero-order valence-corrected chi connectivity index (χ0v) is 15.4. The largest absolute Gasteiger partial charge is 0.416 e. The van der Waals surface area contributed by atoms with Crippen LogP contribution in [0.15, 0.2) is 24.3 Å². The summed E-state index contributed by atoms with van der Waals surface area (Å²) < 4.78 is 43.4. The van der Waals surface area contributed by atoms with E-state index in [1.165, 1.54) is 0 Å². The van der Waals surface area contributed by atoms with Gasteiger partial charge in [0.25, 0.3) is 0 Å². The number of hydrogen-bond donors (Lipinski definition) is 1. The number of alkyl halides is 3. The molecule has 1 aromatic carbocycles. The smallest absolute Gasteiger partial charge is 0.376 e. The van der Waals surface area contributed by atoms with Crippen molar-refractivity contribution in [1.82, 2.24) is 15.1 Å². The molecule has 4 nitrogen and oxygen atoms in total. The lowest BCUT2D eigenvalue weighted by molar-refractivity contribution is -0.137. The maximum Gasteiger partial charge on any atom is 0.416 e. The van der Waals surface area contributed by atoms with Crippen molar-refractivity contribution >= 4 is 17.3 Å². The van der Waals surface area contributed by atoms with E-state index in [1.54, 1.807) is 12.1 Å². The molecular weight excluding hydrogens is 363 g/mol. The Balaban J connectivity index is 1.41. The van der Waals surface area contributed by atoms with Crippen LogP contribution in [-0.4, -0.2) is 60.3 Å². The standard InChI is InChI=1S/C18H24F3N3OS/c19-18(20,21)15-5-3-14(4-6-15)13-23-7-9-24(10-8-23)17(26)22-12-16-2-1-11-25-16/h3-6,16H,1-2,7-13H2,(H,22,26)/t16-/m0/s1. The summed E-state index contributed by atoms with van der Waals surface area (Å²) in [7, 11) is 0. The van der Waals surface area contributed by atoms with Gasteiger partial charge in [-0.3, -0.25) is 4.90 Å². The maximum absolute atomic E-state index is 12.6. The van der Waals surface area contributed by atoms with Crippen LogP contribution in [0.2, 0.25) is 0 Å². The molecule has 0 aliphatic carbocycles. The molecule has 0 unspecified atom stereocenters. The minimum Gasteiger partial charge on any atom is -0.376 e. The van der Waals surface area contributed by atoms with Crippen LogP contribution < -0.4 is 5.32 Å². The fourth-order valence-corrected chi connectivity index (χ4v) is 3.55. The van der Waals surface area contributed by atoms with E-state index < -0.39 is 11.7 Å². The molecule has 2 saturated heterocycles. The van der Waals surface area contributed by atoms with Crippen molar-refractivity contribution in [2.24, 2.45) is 0 Å². The highest BCUT2D eigenvalue weighted by atomic mass is 32.1. The lowest BCUT2D eigenvalue weighted by Gasteiger charge is -2.36. The molecule has 0 bridgehead atoms. The average molecular weight is 387 g/mol. The second-order valence-electron chi connectivity index (χ2n) is 6.78. The van der Waals surface area contributed by atoms with Gasteiger partial charge in [-0.1, -0.05) is 12.1 Å². The first-order chi connectivity index (χ1) is 12.4. The summed E-state index contributed by atoms with van der Waals surface area (Å²) in [5, 5.41) is 4.05. The van der Waals surface area contributed by atoms with Crippen molar-refractivity contribution in [2.75, 3.05) is 39.3 Å². The molecule has 144 valence electrons. The summed E-state index contributed by atoms with van der Waals surface area (Å²) in [6, 6.07) is 5.41. The normalized spacial score (nSPS) is 21.8. The van der Waals surface area contributed by atoms with Gasteiger partial charge in [-0.25, -0.2) is 0 Å². The van der Waals surface area contributed by atoms with Crippen LogP contribution in [-0.2, 0) is 17.5 Å². The number of rotatable bonds is 4. The van der Waals surface area contributed by atoms with Crippen LogP contribution in [0.25, 0.3) is 0 Å². The minimum atomic E-state index is -4.28. The Hall–Kier alpha value is -1.38. The third kappa shape index (κ3) is 5.31. The lowest BCUT2D eigenvalue weighted by atomic mass is 10.1. The number of ether oxygens (including phenoxy) is 1. The van der Waals surface area contributed by atoms with Gasteiger partial charge in [-0.15, -0.1) is 0 Å². The molecule has 2 heterocycles. The van der Waals surface area contributed by atoms with Crippen molar-refractivity contribution in [1.29, 1.82) is 0 Å². The van der Waals surface area contributed by atoms with Crippen molar-refractivity contribution in [3.63, 3.8) is 0 Å². The molecule has 1 aromatic rings. The maximum atomic E-state index is 12.6. The zero-order chi connectivity index (χ0) is 18.6. The molecule has 0 saturated carbocycles. The predicted molar refractivity (Wildman–Crippen MR) is 97.9 cm³/mol. The first-order valence-corrected chi connectivity index (χ1v) is 9.35. The van der Waals surface area contributed by atoms with Gasteiger partial charge in [-0.05, 0) is 42.8 Å². The number of halogens is 3. The summed E-state index contributed by atoms with van der Waals surface area (Å²) in [5.41, 5.74) is 0.291. The van der Waals surface area contributed by atoms with E-state index in [1.807, 2.05) is 0 Å². The van der Waals surface area contributed by atoms with Crippen LogP contribution in [0.1, 0.15) is 24.0 Å². The third-order valence-corrected chi connectivity index (χ3v) is 5.25. The Kier molecular flexibility index (Phi) is 6.37. The fourth-order valence-electron chi connectivity index (χ4n) is 3.28. The van der Waals surface area contributed by atoms with Crippen LogP contribution in [0.3, 0.4) is 0 Å². The molecule has 0 radical (unpaired) electrons. The van der Waals surface area contributed by atoms with Gasteiger partial charge in [0.2, 0.25) is 0 Å². The van der Waals surface area contributed by atoms with Crippen LogP contribution >= 0.6 is 12.2 Å². The molecule has 8 heteroatoms. The van der Waals surface area contributed by atoms with Gasteiger partial charge in [-0.2, -0.15) is 13.2 Å². The summed E-state index contributed by atoms with van der Waals surface area (Å²) in [6.45, 7) is 5.55. The highest BCUT2D eigenvalue weighted by Gasteiger charge is 2.30. The lowest BCUT2D eigenvalue weighted by Crippen LogP contribution is -2.52.